The van der Waals surface area contributed by atoms with Crippen LogP contribution in [0.4, 0.5) is 5.69 Å². The first kappa shape index (κ1) is 16.7. The number of halogens is 1. The first-order valence-electron chi connectivity index (χ1n) is 7.43. The molecule has 1 atom stereocenters. The van der Waals surface area contributed by atoms with Crippen molar-refractivity contribution in [2.24, 2.45) is 0 Å². The van der Waals surface area contributed by atoms with Gasteiger partial charge in [-0.05, 0) is 54.4 Å². The molecule has 1 saturated heterocycles. The minimum atomic E-state index is -0.637. The zero-order valence-electron chi connectivity index (χ0n) is 13.0. The summed E-state index contributed by atoms with van der Waals surface area (Å²) in [6.07, 6.45) is -0.445. The average Bonchev–Trinajstić information content (AvgIpc) is 2.38. The zero-order chi connectivity index (χ0) is 15.6. The number of aliphatic hydroxyl groups is 2. The molecule has 1 aromatic carbocycles. The lowest BCUT2D eigenvalue weighted by Gasteiger charge is -2.38. The van der Waals surface area contributed by atoms with E-state index in [0.717, 1.165) is 36.2 Å². The number of aliphatic hydroxyl groups excluding tert-OH is 1. The van der Waals surface area contributed by atoms with Gasteiger partial charge in [-0.2, -0.15) is 0 Å². The Bertz CT molecular complexity index is 478. The second kappa shape index (κ2) is 6.65. The smallest absolute Gasteiger partial charge is 0.0762 e. The summed E-state index contributed by atoms with van der Waals surface area (Å²) in [5.41, 5.74) is 1.45. The van der Waals surface area contributed by atoms with Crippen molar-refractivity contribution in [2.45, 2.75) is 32.5 Å². The highest BCUT2D eigenvalue weighted by Crippen LogP contribution is 2.30. The van der Waals surface area contributed by atoms with Crippen molar-refractivity contribution in [3.63, 3.8) is 0 Å². The standard InChI is InChI=1S/C16H25BrN2O2/c1-12(20)13-4-5-15(14(17)10-13)19-8-6-18(7-9-19)11-16(2,3)21/h4-5,10,12,20-21H,6-9,11H2,1-3H3/t12-/m1/s1. The lowest BCUT2D eigenvalue weighted by Crippen LogP contribution is -2.50. The highest BCUT2D eigenvalue weighted by atomic mass is 79.9. The molecule has 0 amide bonds. The van der Waals surface area contributed by atoms with Crippen molar-refractivity contribution in [1.29, 1.82) is 0 Å². The van der Waals surface area contributed by atoms with Crippen molar-refractivity contribution in [3.05, 3.63) is 28.2 Å². The molecule has 0 radical (unpaired) electrons. The van der Waals surface area contributed by atoms with Crippen LogP contribution in [0.3, 0.4) is 0 Å². The molecule has 0 bridgehead atoms. The van der Waals surface area contributed by atoms with Crippen molar-refractivity contribution in [2.75, 3.05) is 37.6 Å². The van der Waals surface area contributed by atoms with Gasteiger partial charge < -0.3 is 15.1 Å². The predicted octanol–water partition coefficient (Wildman–Crippen LogP) is 2.40. The van der Waals surface area contributed by atoms with Crippen molar-refractivity contribution < 1.29 is 10.2 Å². The van der Waals surface area contributed by atoms with E-state index in [2.05, 4.69) is 31.8 Å². The fourth-order valence-corrected chi connectivity index (χ4v) is 3.38. The van der Waals surface area contributed by atoms with Gasteiger partial charge in [-0.25, -0.2) is 0 Å². The molecule has 0 saturated carbocycles. The Morgan fingerprint density at radius 1 is 1.24 bits per heavy atom. The van der Waals surface area contributed by atoms with Gasteiger partial charge in [0.2, 0.25) is 0 Å². The van der Waals surface area contributed by atoms with Gasteiger partial charge in [0.15, 0.2) is 0 Å². The number of hydrogen-bond acceptors (Lipinski definition) is 4. The Morgan fingerprint density at radius 3 is 2.33 bits per heavy atom. The molecule has 0 aliphatic carbocycles. The number of hydrogen-bond donors (Lipinski definition) is 2. The third-order valence-corrected chi connectivity index (χ3v) is 4.41. The van der Waals surface area contributed by atoms with E-state index in [1.54, 1.807) is 6.92 Å². The van der Waals surface area contributed by atoms with Crippen LogP contribution >= 0.6 is 15.9 Å². The van der Waals surface area contributed by atoms with E-state index in [4.69, 9.17) is 0 Å². The summed E-state index contributed by atoms with van der Waals surface area (Å²) in [4.78, 5) is 4.64. The van der Waals surface area contributed by atoms with Gasteiger partial charge >= 0.3 is 0 Å². The largest absolute Gasteiger partial charge is 0.389 e. The highest BCUT2D eigenvalue weighted by Gasteiger charge is 2.23. The van der Waals surface area contributed by atoms with E-state index in [1.807, 2.05) is 26.0 Å². The normalized spacial score (nSPS) is 18.9. The van der Waals surface area contributed by atoms with Gasteiger partial charge in [0.1, 0.15) is 0 Å². The molecule has 0 aromatic heterocycles. The molecule has 4 nitrogen and oxygen atoms in total. The van der Waals surface area contributed by atoms with E-state index in [1.165, 1.54) is 5.69 Å². The van der Waals surface area contributed by atoms with E-state index < -0.39 is 11.7 Å². The quantitative estimate of drug-likeness (QED) is 0.869. The summed E-state index contributed by atoms with van der Waals surface area (Å²) in [6, 6.07) is 6.04. The van der Waals surface area contributed by atoms with E-state index in [0.29, 0.717) is 6.54 Å². The lowest BCUT2D eigenvalue weighted by atomic mass is 10.1. The summed E-state index contributed by atoms with van der Waals surface area (Å²) in [5.74, 6) is 0. The first-order chi connectivity index (χ1) is 9.76. The van der Waals surface area contributed by atoms with Crippen molar-refractivity contribution >= 4 is 21.6 Å². The number of piperazine rings is 1. The Morgan fingerprint density at radius 2 is 1.86 bits per heavy atom. The molecule has 2 N–H and O–H groups in total. The minimum Gasteiger partial charge on any atom is -0.389 e. The molecular formula is C16H25BrN2O2. The van der Waals surface area contributed by atoms with Crippen LogP contribution in [0.15, 0.2) is 22.7 Å². The van der Waals surface area contributed by atoms with Crippen LogP contribution < -0.4 is 4.90 Å². The second-order valence-corrected chi connectivity index (χ2v) is 7.32. The molecular weight excluding hydrogens is 332 g/mol. The fourth-order valence-electron chi connectivity index (χ4n) is 2.73. The monoisotopic (exact) mass is 356 g/mol. The number of β-amino-alcohol motifs (C(OH)–C–C–N with tert-alkyl or cyclic N) is 1. The van der Waals surface area contributed by atoms with Gasteiger partial charge in [-0.15, -0.1) is 0 Å². The average molecular weight is 357 g/mol. The van der Waals surface area contributed by atoms with E-state index in [9.17, 15) is 10.2 Å². The second-order valence-electron chi connectivity index (χ2n) is 6.46. The fraction of sp³-hybridized carbons (Fsp3) is 0.625. The van der Waals surface area contributed by atoms with Crippen LogP contribution in [0.2, 0.25) is 0 Å². The van der Waals surface area contributed by atoms with Gasteiger partial charge in [0, 0.05) is 37.2 Å². The number of anilines is 1. The molecule has 1 aromatic rings. The zero-order valence-corrected chi connectivity index (χ0v) is 14.6. The van der Waals surface area contributed by atoms with Crippen molar-refractivity contribution in [1.82, 2.24) is 4.90 Å². The van der Waals surface area contributed by atoms with Crippen LogP contribution in [0.5, 0.6) is 0 Å². The molecule has 5 heteroatoms. The SMILES string of the molecule is C[C@@H](O)c1ccc(N2CCN(CC(C)(C)O)CC2)c(Br)c1. The summed E-state index contributed by atoms with van der Waals surface area (Å²) in [7, 11) is 0. The minimum absolute atomic E-state index is 0.445. The molecule has 2 rings (SSSR count). The lowest BCUT2D eigenvalue weighted by molar-refractivity contribution is 0.0345. The third kappa shape index (κ3) is 4.68. The Labute approximate surface area is 135 Å². The number of rotatable bonds is 4. The predicted molar refractivity (Wildman–Crippen MR) is 89.7 cm³/mol. The van der Waals surface area contributed by atoms with Crippen LogP contribution in [-0.2, 0) is 0 Å². The molecule has 21 heavy (non-hydrogen) atoms. The van der Waals surface area contributed by atoms with Gasteiger partial charge in [0.25, 0.3) is 0 Å². The Balaban J connectivity index is 1.99. The van der Waals surface area contributed by atoms with Crippen LogP contribution in [0.1, 0.15) is 32.4 Å². The first-order valence-corrected chi connectivity index (χ1v) is 8.23. The summed E-state index contributed by atoms with van der Waals surface area (Å²) in [6.45, 7) is 9.99. The number of nitrogens with zero attached hydrogens (tertiary/aromatic N) is 2. The molecule has 1 heterocycles. The van der Waals surface area contributed by atoms with Crippen LogP contribution in [0.25, 0.3) is 0 Å². The maximum atomic E-state index is 9.89. The van der Waals surface area contributed by atoms with Gasteiger partial charge in [0.05, 0.1) is 17.4 Å². The number of benzene rings is 1. The summed E-state index contributed by atoms with van der Waals surface area (Å²) in [5, 5.41) is 19.5. The van der Waals surface area contributed by atoms with Gasteiger partial charge in [-0.3, -0.25) is 4.90 Å². The third-order valence-electron chi connectivity index (χ3n) is 3.78. The Hall–Kier alpha value is -0.620. The molecule has 0 spiro atoms. The van der Waals surface area contributed by atoms with Gasteiger partial charge in [-0.1, -0.05) is 6.07 Å². The van der Waals surface area contributed by atoms with Crippen LogP contribution in [-0.4, -0.2) is 53.4 Å². The molecule has 1 aliphatic rings. The van der Waals surface area contributed by atoms with E-state index >= 15 is 0 Å². The maximum Gasteiger partial charge on any atom is 0.0762 e. The Kier molecular flexibility index (Phi) is 5.30. The summed E-state index contributed by atoms with van der Waals surface area (Å²) >= 11 is 3.61. The molecule has 1 fully saturated rings. The van der Waals surface area contributed by atoms with E-state index in [-0.39, 0.29) is 0 Å². The molecule has 118 valence electrons. The van der Waals surface area contributed by atoms with Crippen molar-refractivity contribution in [3.8, 4) is 0 Å². The summed E-state index contributed by atoms with van der Waals surface area (Å²) < 4.78 is 1.02. The highest BCUT2D eigenvalue weighted by molar-refractivity contribution is 9.10. The molecule has 1 aliphatic heterocycles. The van der Waals surface area contributed by atoms with Crippen LogP contribution in [0, 0.1) is 0 Å². The molecule has 0 unspecified atom stereocenters. The maximum absolute atomic E-state index is 9.89. The topological polar surface area (TPSA) is 46.9 Å².